The highest BCUT2D eigenvalue weighted by Gasteiger charge is 2.34. The van der Waals surface area contributed by atoms with Gasteiger partial charge in [0, 0.05) is 24.7 Å². The predicted molar refractivity (Wildman–Crippen MR) is 150 cm³/mol. The molecule has 4 heterocycles. The standard InChI is InChI=1S/C27H28F3N7O4S/c1-26(2,3)41-25(38)37-9-10-39-15(13-37)12-32-23-16(7-8-20(35-23)27(28,29)30)17-11-21(34-14-33-17)40-18-5-4-6-19-22(18)36-24(31)42-19/h4-8,11,14-15H,9-10,12-13H2,1-3H3,(H2,31,36)(H,32,35). The molecule has 11 nitrogen and oxygen atoms in total. The zero-order chi connectivity index (χ0) is 30.1. The number of hydrogen-bond acceptors (Lipinski definition) is 11. The molecule has 15 heteroatoms. The molecule has 1 fully saturated rings. The number of carbonyl (C=O) groups is 1. The van der Waals surface area contributed by atoms with Crippen LogP contribution in [-0.2, 0) is 15.7 Å². The Hall–Kier alpha value is -4.24. The normalized spacial score (nSPS) is 16.0. The number of nitrogen functional groups attached to an aromatic ring is 1. The summed E-state index contributed by atoms with van der Waals surface area (Å²) in [6, 6.07) is 9.00. The fourth-order valence-corrected chi connectivity index (χ4v) is 4.93. The van der Waals surface area contributed by atoms with Crippen molar-refractivity contribution in [1.29, 1.82) is 0 Å². The third-order valence-corrected chi connectivity index (χ3v) is 6.85. The Kier molecular flexibility index (Phi) is 8.06. The van der Waals surface area contributed by atoms with Crippen molar-refractivity contribution in [2.45, 2.75) is 38.7 Å². The molecule has 0 radical (unpaired) electrons. The van der Waals surface area contributed by atoms with Gasteiger partial charge in [-0.3, -0.25) is 0 Å². The van der Waals surface area contributed by atoms with Crippen molar-refractivity contribution in [3.63, 3.8) is 0 Å². The zero-order valence-electron chi connectivity index (χ0n) is 22.9. The molecule has 1 aliphatic rings. The number of aromatic nitrogens is 4. The van der Waals surface area contributed by atoms with Gasteiger partial charge in [0.15, 0.2) is 10.9 Å². The van der Waals surface area contributed by atoms with Gasteiger partial charge in [0.25, 0.3) is 0 Å². The summed E-state index contributed by atoms with van der Waals surface area (Å²) in [5.74, 6) is 0.494. The average Bonchev–Trinajstić information content (AvgIpc) is 3.32. The van der Waals surface area contributed by atoms with Gasteiger partial charge >= 0.3 is 12.3 Å². The quantitative estimate of drug-likeness (QED) is 0.287. The molecule has 0 bridgehead atoms. The van der Waals surface area contributed by atoms with E-state index in [1.807, 2.05) is 6.07 Å². The number of pyridine rings is 1. The van der Waals surface area contributed by atoms with Crippen LogP contribution >= 0.6 is 11.3 Å². The molecule has 0 aliphatic carbocycles. The second kappa shape index (κ2) is 11.6. The number of rotatable bonds is 6. The van der Waals surface area contributed by atoms with Crippen LogP contribution < -0.4 is 15.8 Å². The molecule has 3 N–H and O–H groups in total. The maximum atomic E-state index is 13.6. The summed E-state index contributed by atoms with van der Waals surface area (Å²) in [5.41, 5.74) is 5.21. The van der Waals surface area contributed by atoms with Crippen molar-refractivity contribution in [3.8, 4) is 22.9 Å². The van der Waals surface area contributed by atoms with E-state index in [-0.39, 0.29) is 42.7 Å². The third-order valence-electron chi connectivity index (χ3n) is 6.00. The number of carbonyl (C=O) groups excluding carboxylic acids is 1. The number of morpholine rings is 1. The molecular weight excluding hydrogens is 575 g/mol. The summed E-state index contributed by atoms with van der Waals surface area (Å²) >= 11 is 1.31. The molecule has 0 spiro atoms. The summed E-state index contributed by atoms with van der Waals surface area (Å²) in [7, 11) is 0. The lowest BCUT2D eigenvalue weighted by Crippen LogP contribution is -2.49. The van der Waals surface area contributed by atoms with Crippen molar-refractivity contribution >= 4 is 38.6 Å². The second-order valence-corrected chi connectivity index (χ2v) is 11.5. The number of halogens is 3. The minimum absolute atomic E-state index is 0.0677. The van der Waals surface area contributed by atoms with Crippen molar-refractivity contribution in [2.75, 3.05) is 37.3 Å². The van der Waals surface area contributed by atoms with Gasteiger partial charge in [-0.1, -0.05) is 17.4 Å². The number of nitrogens with two attached hydrogens (primary N) is 1. The number of nitrogens with zero attached hydrogens (tertiary/aromatic N) is 5. The summed E-state index contributed by atoms with van der Waals surface area (Å²) < 4.78 is 58.7. The van der Waals surface area contributed by atoms with E-state index in [4.69, 9.17) is 19.9 Å². The minimum Gasteiger partial charge on any atom is -0.444 e. The highest BCUT2D eigenvalue weighted by Crippen LogP contribution is 2.36. The van der Waals surface area contributed by atoms with Gasteiger partial charge in [-0.05, 0) is 45.0 Å². The first-order valence-electron chi connectivity index (χ1n) is 12.9. The van der Waals surface area contributed by atoms with Crippen LogP contribution in [0.25, 0.3) is 21.5 Å². The Balaban J connectivity index is 1.38. The Morgan fingerprint density at radius 1 is 1.19 bits per heavy atom. The molecule has 1 saturated heterocycles. The fourth-order valence-electron chi connectivity index (χ4n) is 4.18. The average molecular weight is 604 g/mol. The first-order valence-corrected chi connectivity index (χ1v) is 13.7. The van der Waals surface area contributed by atoms with Crippen LogP contribution in [0.3, 0.4) is 0 Å². The van der Waals surface area contributed by atoms with Crippen molar-refractivity contribution < 1.29 is 32.2 Å². The smallest absolute Gasteiger partial charge is 0.433 e. The summed E-state index contributed by atoms with van der Waals surface area (Å²) in [6.07, 6.45) is -4.44. The van der Waals surface area contributed by atoms with Crippen LogP contribution in [-0.4, -0.2) is 68.9 Å². The number of nitrogens with one attached hydrogen (secondary N) is 1. The molecule has 1 unspecified atom stereocenters. The fraction of sp³-hybridized carbons (Fsp3) is 0.370. The van der Waals surface area contributed by atoms with Crippen molar-refractivity contribution in [3.05, 3.63) is 48.4 Å². The van der Waals surface area contributed by atoms with E-state index in [9.17, 15) is 18.0 Å². The largest absolute Gasteiger partial charge is 0.444 e. The van der Waals surface area contributed by atoms with Crippen LogP contribution in [0, 0.1) is 0 Å². The van der Waals surface area contributed by atoms with E-state index >= 15 is 0 Å². The third kappa shape index (κ3) is 6.97. The van der Waals surface area contributed by atoms with E-state index in [1.165, 1.54) is 34.7 Å². The second-order valence-electron chi connectivity index (χ2n) is 10.4. The van der Waals surface area contributed by atoms with Gasteiger partial charge in [-0.15, -0.1) is 0 Å². The molecule has 42 heavy (non-hydrogen) atoms. The molecule has 1 aromatic carbocycles. The number of para-hydroxylation sites is 1. The van der Waals surface area contributed by atoms with Crippen LogP contribution in [0.5, 0.6) is 11.6 Å². The summed E-state index contributed by atoms with van der Waals surface area (Å²) in [6.45, 7) is 6.15. The number of amides is 1. The lowest BCUT2D eigenvalue weighted by molar-refractivity contribution is -0.141. The van der Waals surface area contributed by atoms with E-state index in [0.717, 1.165) is 10.8 Å². The molecule has 4 aromatic rings. The first kappa shape index (κ1) is 29.3. The lowest BCUT2D eigenvalue weighted by Gasteiger charge is -2.34. The summed E-state index contributed by atoms with van der Waals surface area (Å²) in [4.78, 5) is 30.6. The van der Waals surface area contributed by atoms with Gasteiger partial charge in [0.05, 0.1) is 29.6 Å². The number of benzene rings is 1. The number of ether oxygens (including phenoxy) is 3. The predicted octanol–water partition coefficient (Wildman–Crippen LogP) is 5.59. The van der Waals surface area contributed by atoms with Gasteiger partial charge in [0.1, 0.15) is 29.0 Å². The summed E-state index contributed by atoms with van der Waals surface area (Å²) in [5, 5.41) is 3.34. The van der Waals surface area contributed by atoms with E-state index in [2.05, 4.69) is 25.3 Å². The van der Waals surface area contributed by atoms with Gasteiger partial charge < -0.3 is 30.2 Å². The number of hydrogen-bond donors (Lipinski definition) is 2. The molecule has 5 rings (SSSR count). The SMILES string of the molecule is CC(C)(C)OC(=O)N1CCOC(CNc2nc(C(F)(F)F)ccc2-c2cc(Oc3cccc4sc(N)nc34)ncn2)C1. The van der Waals surface area contributed by atoms with E-state index < -0.39 is 29.7 Å². The zero-order valence-corrected chi connectivity index (χ0v) is 23.8. The molecule has 3 aromatic heterocycles. The molecular formula is C27H28F3N7O4S. The Labute approximate surface area is 242 Å². The highest BCUT2D eigenvalue weighted by atomic mass is 32.1. The van der Waals surface area contributed by atoms with Crippen molar-refractivity contribution in [1.82, 2.24) is 24.8 Å². The van der Waals surface area contributed by atoms with Crippen LogP contribution in [0.15, 0.2) is 42.7 Å². The van der Waals surface area contributed by atoms with Gasteiger partial charge in [0.2, 0.25) is 5.88 Å². The van der Waals surface area contributed by atoms with E-state index in [0.29, 0.717) is 22.9 Å². The number of fused-ring (bicyclic) bond motifs is 1. The van der Waals surface area contributed by atoms with Gasteiger partial charge in [-0.2, -0.15) is 13.2 Å². The van der Waals surface area contributed by atoms with Crippen LogP contribution in [0.4, 0.5) is 28.9 Å². The maximum absolute atomic E-state index is 13.6. The molecule has 1 amide bonds. The molecule has 222 valence electrons. The van der Waals surface area contributed by atoms with Gasteiger partial charge in [-0.25, -0.2) is 24.7 Å². The van der Waals surface area contributed by atoms with E-state index in [1.54, 1.807) is 32.9 Å². The van der Waals surface area contributed by atoms with Crippen LogP contribution in [0.1, 0.15) is 26.5 Å². The Bertz CT molecular complexity index is 1590. The highest BCUT2D eigenvalue weighted by molar-refractivity contribution is 7.22. The molecule has 0 saturated carbocycles. The Morgan fingerprint density at radius 2 is 2.00 bits per heavy atom. The molecule has 1 aliphatic heterocycles. The number of alkyl halides is 3. The van der Waals surface area contributed by atoms with Crippen molar-refractivity contribution in [2.24, 2.45) is 0 Å². The lowest BCUT2D eigenvalue weighted by atomic mass is 10.1. The minimum atomic E-state index is -4.67. The van der Waals surface area contributed by atoms with Crippen LogP contribution in [0.2, 0.25) is 0 Å². The molecule has 1 atom stereocenters. The number of anilines is 2. The monoisotopic (exact) mass is 603 g/mol. The first-order chi connectivity index (χ1) is 19.9. The number of thiazole rings is 1. The topological polar surface area (TPSA) is 138 Å². The maximum Gasteiger partial charge on any atom is 0.433 e. The Morgan fingerprint density at radius 3 is 2.76 bits per heavy atom.